The van der Waals surface area contributed by atoms with Gasteiger partial charge in [0.05, 0.1) is 7.11 Å². The lowest BCUT2D eigenvalue weighted by atomic mass is 10.2. The number of benzene rings is 1. The van der Waals surface area contributed by atoms with E-state index in [2.05, 4.69) is 20.3 Å². The van der Waals surface area contributed by atoms with Crippen molar-refractivity contribution < 1.29 is 17.9 Å². The smallest absolute Gasteiger partial charge is 0.251 e. The largest absolute Gasteiger partial charge is 0.495 e. The molecule has 158 valence electrons. The summed E-state index contributed by atoms with van der Waals surface area (Å²) < 4.78 is 32.9. The lowest BCUT2D eigenvalue weighted by Crippen LogP contribution is -2.44. The normalized spacial score (nSPS) is 17.6. The molecular formula is C18H29ClN4O4S. The Hall–Kier alpha value is -1.39. The molecule has 0 aromatic heterocycles. The fourth-order valence-electron chi connectivity index (χ4n) is 3.05. The van der Waals surface area contributed by atoms with Crippen molar-refractivity contribution in [2.75, 3.05) is 46.4 Å². The van der Waals surface area contributed by atoms with E-state index in [-0.39, 0.29) is 35.0 Å². The quantitative estimate of drug-likeness (QED) is 0.494. The Bertz CT molecular complexity index is 765. The molecule has 10 heteroatoms. The summed E-state index contributed by atoms with van der Waals surface area (Å²) in [6, 6.07) is 4.48. The van der Waals surface area contributed by atoms with Gasteiger partial charge in [0, 0.05) is 44.3 Å². The topological polar surface area (TPSA) is 99.8 Å². The van der Waals surface area contributed by atoms with Crippen molar-refractivity contribution in [2.45, 2.75) is 30.2 Å². The molecule has 1 aliphatic heterocycles. The van der Waals surface area contributed by atoms with E-state index in [0.717, 1.165) is 52.0 Å². The first-order chi connectivity index (χ1) is 13.0. The summed E-state index contributed by atoms with van der Waals surface area (Å²) >= 11 is 0. The number of hydrogen-bond donors (Lipinski definition) is 3. The summed E-state index contributed by atoms with van der Waals surface area (Å²) in [5.41, 5.74) is 0.314. The molecule has 0 spiro atoms. The zero-order chi connectivity index (χ0) is 19.3. The number of amides is 1. The molecule has 28 heavy (non-hydrogen) atoms. The molecule has 0 unspecified atom stereocenters. The van der Waals surface area contributed by atoms with Gasteiger partial charge in [0.25, 0.3) is 5.91 Å². The predicted octanol–water partition coefficient (Wildman–Crippen LogP) is 0.583. The highest BCUT2D eigenvalue weighted by Gasteiger charge is 2.30. The van der Waals surface area contributed by atoms with Crippen molar-refractivity contribution >= 4 is 28.3 Å². The number of rotatable bonds is 9. The number of sulfonamides is 1. The summed E-state index contributed by atoms with van der Waals surface area (Å²) in [6.07, 6.45) is 2.54. The molecule has 0 radical (unpaired) electrons. The van der Waals surface area contributed by atoms with Gasteiger partial charge in [-0.15, -0.1) is 12.4 Å². The molecule has 0 bridgehead atoms. The molecule has 8 nitrogen and oxygen atoms in total. The van der Waals surface area contributed by atoms with E-state index in [0.29, 0.717) is 12.1 Å². The van der Waals surface area contributed by atoms with Crippen LogP contribution in [0, 0.1) is 0 Å². The van der Waals surface area contributed by atoms with Crippen LogP contribution >= 0.6 is 12.4 Å². The van der Waals surface area contributed by atoms with E-state index >= 15 is 0 Å². The Kier molecular flexibility index (Phi) is 8.51. The van der Waals surface area contributed by atoms with Crippen LogP contribution in [0.4, 0.5) is 0 Å². The number of ether oxygens (including phenoxy) is 1. The maximum Gasteiger partial charge on any atom is 0.251 e. The lowest BCUT2D eigenvalue weighted by molar-refractivity contribution is 0.0951. The van der Waals surface area contributed by atoms with Crippen LogP contribution in [-0.2, 0) is 10.0 Å². The zero-order valence-electron chi connectivity index (χ0n) is 16.1. The van der Waals surface area contributed by atoms with Gasteiger partial charge in [0.1, 0.15) is 10.6 Å². The van der Waals surface area contributed by atoms with E-state index in [4.69, 9.17) is 4.74 Å². The van der Waals surface area contributed by atoms with Crippen LogP contribution in [-0.4, -0.2) is 71.6 Å². The Morgan fingerprint density at radius 1 is 1.29 bits per heavy atom. The zero-order valence-corrected chi connectivity index (χ0v) is 17.7. The van der Waals surface area contributed by atoms with Gasteiger partial charge in [-0.1, -0.05) is 0 Å². The Balaban J connectivity index is 0.00000280. The summed E-state index contributed by atoms with van der Waals surface area (Å²) in [6.45, 7) is 5.56. The van der Waals surface area contributed by atoms with Gasteiger partial charge in [-0.05, 0) is 44.0 Å². The van der Waals surface area contributed by atoms with E-state index < -0.39 is 10.0 Å². The van der Waals surface area contributed by atoms with E-state index in [1.165, 1.54) is 19.2 Å². The average molecular weight is 433 g/mol. The number of piperazine rings is 1. The maximum atomic E-state index is 12.5. The van der Waals surface area contributed by atoms with Crippen LogP contribution < -0.4 is 20.1 Å². The van der Waals surface area contributed by atoms with Gasteiger partial charge >= 0.3 is 0 Å². The molecule has 1 saturated carbocycles. The first-order valence-corrected chi connectivity index (χ1v) is 10.9. The number of carbonyl (C=O) groups excluding carboxylic acids is 1. The monoisotopic (exact) mass is 432 g/mol. The van der Waals surface area contributed by atoms with Gasteiger partial charge < -0.3 is 20.3 Å². The van der Waals surface area contributed by atoms with E-state index in [9.17, 15) is 13.2 Å². The van der Waals surface area contributed by atoms with E-state index in [1.807, 2.05) is 0 Å². The molecule has 2 fully saturated rings. The number of nitrogens with one attached hydrogen (secondary N) is 3. The van der Waals surface area contributed by atoms with Crippen LogP contribution in [0.25, 0.3) is 0 Å². The second-order valence-corrected chi connectivity index (χ2v) is 8.64. The number of hydrogen-bond acceptors (Lipinski definition) is 6. The second-order valence-electron chi connectivity index (χ2n) is 6.96. The SMILES string of the molecule is COc1ccc(C(=O)NCCCN2CCNCC2)cc1S(=O)(=O)NC1CC1.Cl. The van der Waals surface area contributed by atoms with Crippen molar-refractivity contribution in [3.63, 3.8) is 0 Å². The maximum absolute atomic E-state index is 12.5. The molecule has 1 amide bonds. The van der Waals surface area contributed by atoms with Crippen molar-refractivity contribution in [3.8, 4) is 5.75 Å². The fourth-order valence-corrected chi connectivity index (χ4v) is 4.55. The fraction of sp³-hybridized carbons (Fsp3) is 0.611. The van der Waals surface area contributed by atoms with Crippen molar-refractivity contribution in [1.82, 2.24) is 20.3 Å². The molecule has 2 aliphatic rings. The second kappa shape index (κ2) is 10.4. The average Bonchev–Trinajstić information content (AvgIpc) is 3.48. The van der Waals surface area contributed by atoms with Gasteiger partial charge in [0.2, 0.25) is 10.0 Å². The third-order valence-corrected chi connectivity index (χ3v) is 6.30. The molecule has 1 saturated heterocycles. The molecule has 1 aromatic rings. The van der Waals surface area contributed by atoms with Gasteiger partial charge in [-0.3, -0.25) is 4.79 Å². The summed E-state index contributed by atoms with van der Waals surface area (Å²) in [7, 11) is -2.29. The van der Waals surface area contributed by atoms with E-state index in [1.54, 1.807) is 6.07 Å². The minimum Gasteiger partial charge on any atom is -0.495 e. The number of halogens is 1. The highest BCUT2D eigenvalue weighted by atomic mass is 35.5. The molecule has 3 rings (SSSR count). The molecule has 3 N–H and O–H groups in total. The Morgan fingerprint density at radius 3 is 2.64 bits per heavy atom. The first kappa shape index (κ1) is 22.9. The first-order valence-electron chi connectivity index (χ1n) is 9.41. The Labute approximate surface area is 172 Å². The molecule has 1 heterocycles. The van der Waals surface area contributed by atoms with Gasteiger partial charge in [0.15, 0.2) is 0 Å². The summed E-state index contributed by atoms with van der Waals surface area (Å²) in [5.74, 6) is -0.0424. The minimum atomic E-state index is -3.70. The van der Waals surface area contributed by atoms with Crippen LogP contribution in [0.2, 0.25) is 0 Å². The van der Waals surface area contributed by atoms with Gasteiger partial charge in [-0.2, -0.15) is 0 Å². The highest BCUT2D eigenvalue weighted by Crippen LogP contribution is 2.28. The lowest BCUT2D eigenvalue weighted by Gasteiger charge is -2.27. The number of carbonyl (C=O) groups is 1. The molecule has 1 aromatic carbocycles. The predicted molar refractivity (Wildman–Crippen MR) is 110 cm³/mol. The number of nitrogens with zero attached hydrogens (tertiary/aromatic N) is 1. The van der Waals surface area contributed by atoms with Crippen LogP contribution in [0.15, 0.2) is 23.1 Å². The summed E-state index contributed by atoms with van der Waals surface area (Å²) in [4.78, 5) is 14.8. The highest BCUT2D eigenvalue weighted by molar-refractivity contribution is 7.89. The van der Waals surface area contributed by atoms with Crippen LogP contribution in [0.5, 0.6) is 5.75 Å². The van der Waals surface area contributed by atoms with Crippen molar-refractivity contribution in [2.24, 2.45) is 0 Å². The molecule has 1 aliphatic carbocycles. The molecule has 0 atom stereocenters. The molecular weight excluding hydrogens is 404 g/mol. The van der Waals surface area contributed by atoms with Gasteiger partial charge in [-0.25, -0.2) is 13.1 Å². The Morgan fingerprint density at radius 2 is 2.00 bits per heavy atom. The van der Waals surface area contributed by atoms with Crippen LogP contribution in [0.3, 0.4) is 0 Å². The number of methoxy groups -OCH3 is 1. The van der Waals surface area contributed by atoms with Crippen molar-refractivity contribution in [3.05, 3.63) is 23.8 Å². The van der Waals surface area contributed by atoms with Crippen LogP contribution in [0.1, 0.15) is 29.6 Å². The summed E-state index contributed by atoms with van der Waals surface area (Å²) in [5, 5.41) is 6.18. The third-order valence-electron chi connectivity index (χ3n) is 4.76. The minimum absolute atomic E-state index is 0. The third kappa shape index (κ3) is 6.31. The van der Waals surface area contributed by atoms with Crippen molar-refractivity contribution in [1.29, 1.82) is 0 Å². The standard InChI is InChI=1S/C18H28N4O4S.ClH/c1-26-16-6-3-14(13-17(16)27(24,25)21-15-4-5-15)18(23)20-7-2-10-22-11-8-19-9-12-22;/h3,6,13,15,19,21H,2,4-5,7-12H2,1H3,(H,20,23);1H.